The van der Waals surface area contributed by atoms with Gasteiger partial charge in [0, 0.05) is 34.8 Å². The second-order valence-corrected chi connectivity index (χ2v) is 4.43. The Morgan fingerprint density at radius 2 is 2.28 bits per heavy atom. The molecule has 0 radical (unpaired) electrons. The second kappa shape index (κ2) is 4.82. The highest BCUT2D eigenvalue weighted by atomic mass is 35.5. The van der Waals surface area contributed by atoms with E-state index in [0.717, 1.165) is 10.9 Å². The summed E-state index contributed by atoms with van der Waals surface area (Å²) in [5.74, 6) is -0.922. The maximum Gasteiger partial charge on any atom is 0.331 e. The summed E-state index contributed by atoms with van der Waals surface area (Å²) in [6.07, 6.45) is 3.90. The first-order valence-corrected chi connectivity index (χ1v) is 5.96. The van der Waals surface area contributed by atoms with E-state index in [4.69, 9.17) is 16.7 Å². The smallest absolute Gasteiger partial charge is 0.331 e. The molecule has 1 aromatic heterocycles. The van der Waals surface area contributed by atoms with Crippen molar-refractivity contribution in [1.82, 2.24) is 9.78 Å². The van der Waals surface area contributed by atoms with Crippen LogP contribution in [0.1, 0.15) is 18.9 Å². The fourth-order valence-electron chi connectivity index (χ4n) is 1.84. The molecule has 2 rings (SSSR count). The maximum atomic E-state index is 11.1. The van der Waals surface area contributed by atoms with Gasteiger partial charge < -0.3 is 5.11 Å². The first-order valence-electron chi connectivity index (χ1n) is 5.58. The standard InChI is InChI=1S/C13H13ClN2O2/c1-3-8(13(17)18)6-9-10-7-16(2)15-12(10)5-4-11(9)14/h4-7H,3H2,1-2H3,(H,17,18)/b8-6+. The maximum absolute atomic E-state index is 11.1. The predicted octanol–water partition coefficient (Wildman–Crippen LogP) is 3.10. The molecule has 0 saturated heterocycles. The number of rotatable bonds is 3. The van der Waals surface area contributed by atoms with E-state index in [1.165, 1.54) is 0 Å². The van der Waals surface area contributed by atoms with Gasteiger partial charge in [-0.25, -0.2) is 4.79 Å². The van der Waals surface area contributed by atoms with Crippen LogP contribution in [0.3, 0.4) is 0 Å². The minimum Gasteiger partial charge on any atom is -0.478 e. The van der Waals surface area contributed by atoms with Crippen LogP contribution in [0.25, 0.3) is 17.0 Å². The molecule has 0 unspecified atom stereocenters. The van der Waals surface area contributed by atoms with Crippen molar-refractivity contribution in [2.24, 2.45) is 7.05 Å². The van der Waals surface area contributed by atoms with Crippen LogP contribution in [0, 0.1) is 0 Å². The van der Waals surface area contributed by atoms with Crippen molar-refractivity contribution in [2.45, 2.75) is 13.3 Å². The van der Waals surface area contributed by atoms with Gasteiger partial charge in [0.1, 0.15) is 0 Å². The van der Waals surface area contributed by atoms with E-state index in [2.05, 4.69) is 5.10 Å². The molecule has 0 fully saturated rings. The van der Waals surface area contributed by atoms with Crippen molar-refractivity contribution in [3.8, 4) is 0 Å². The number of aromatic nitrogens is 2. The van der Waals surface area contributed by atoms with Crippen molar-refractivity contribution in [1.29, 1.82) is 0 Å². The number of fused-ring (bicyclic) bond motifs is 1. The van der Waals surface area contributed by atoms with E-state index in [1.54, 1.807) is 23.7 Å². The monoisotopic (exact) mass is 264 g/mol. The molecule has 18 heavy (non-hydrogen) atoms. The van der Waals surface area contributed by atoms with E-state index >= 15 is 0 Å². The lowest BCUT2D eigenvalue weighted by atomic mass is 10.1. The number of carboxylic acid groups (broad SMARTS) is 1. The Kier molecular flexibility index (Phi) is 3.39. The first kappa shape index (κ1) is 12.6. The predicted molar refractivity (Wildman–Crippen MR) is 71.6 cm³/mol. The Morgan fingerprint density at radius 1 is 1.56 bits per heavy atom. The number of carbonyl (C=O) groups is 1. The Labute approximate surface area is 109 Å². The van der Waals surface area contributed by atoms with Crippen LogP contribution in [0.15, 0.2) is 23.9 Å². The normalized spacial score (nSPS) is 12.1. The zero-order valence-electron chi connectivity index (χ0n) is 10.1. The summed E-state index contributed by atoms with van der Waals surface area (Å²) in [7, 11) is 1.82. The van der Waals surface area contributed by atoms with Crippen molar-refractivity contribution in [3.63, 3.8) is 0 Å². The van der Waals surface area contributed by atoms with Gasteiger partial charge in [0.05, 0.1) is 5.52 Å². The lowest BCUT2D eigenvalue weighted by molar-refractivity contribution is -0.132. The molecule has 4 nitrogen and oxygen atoms in total. The largest absolute Gasteiger partial charge is 0.478 e. The summed E-state index contributed by atoms with van der Waals surface area (Å²) in [5, 5.41) is 14.7. The highest BCUT2D eigenvalue weighted by molar-refractivity contribution is 6.33. The lowest BCUT2D eigenvalue weighted by Crippen LogP contribution is -1.98. The number of hydrogen-bond donors (Lipinski definition) is 1. The van der Waals surface area contributed by atoms with Gasteiger partial charge in [0.25, 0.3) is 0 Å². The molecule has 1 N–H and O–H groups in total. The molecule has 0 amide bonds. The summed E-state index contributed by atoms with van der Waals surface area (Å²) < 4.78 is 1.69. The van der Waals surface area contributed by atoms with Gasteiger partial charge in [-0.05, 0) is 24.6 Å². The molecular formula is C13H13ClN2O2. The quantitative estimate of drug-likeness (QED) is 0.867. The van der Waals surface area contributed by atoms with Gasteiger partial charge in [-0.3, -0.25) is 4.68 Å². The fraction of sp³-hybridized carbons (Fsp3) is 0.231. The minimum atomic E-state index is -0.922. The van der Waals surface area contributed by atoms with Gasteiger partial charge in [0.15, 0.2) is 0 Å². The van der Waals surface area contributed by atoms with Crippen LogP contribution in [-0.4, -0.2) is 20.9 Å². The highest BCUT2D eigenvalue weighted by Gasteiger charge is 2.11. The molecule has 0 saturated carbocycles. The molecule has 0 atom stereocenters. The average Bonchev–Trinajstić information content (AvgIpc) is 2.68. The Hall–Kier alpha value is -1.81. The first-order chi connectivity index (χ1) is 8.52. The van der Waals surface area contributed by atoms with Crippen LogP contribution < -0.4 is 0 Å². The third-order valence-corrected chi connectivity index (χ3v) is 3.10. The molecule has 0 aliphatic heterocycles. The Bertz CT molecular complexity index is 644. The molecule has 1 aromatic carbocycles. The number of benzene rings is 1. The molecule has 0 spiro atoms. The summed E-state index contributed by atoms with van der Waals surface area (Å²) in [5.41, 5.74) is 1.84. The van der Waals surface area contributed by atoms with Crippen LogP contribution in [0.4, 0.5) is 0 Å². The van der Waals surface area contributed by atoms with Crippen LogP contribution in [0.5, 0.6) is 0 Å². The Morgan fingerprint density at radius 3 is 2.89 bits per heavy atom. The zero-order valence-corrected chi connectivity index (χ0v) is 10.9. The average molecular weight is 265 g/mol. The molecule has 0 aliphatic carbocycles. The summed E-state index contributed by atoms with van der Waals surface area (Å²) >= 11 is 6.14. The lowest BCUT2D eigenvalue weighted by Gasteiger charge is -2.02. The van der Waals surface area contributed by atoms with E-state index in [1.807, 2.05) is 19.3 Å². The fourth-order valence-corrected chi connectivity index (χ4v) is 2.06. The van der Waals surface area contributed by atoms with E-state index < -0.39 is 5.97 Å². The van der Waals surface area contributed by atoms with Crippen molar-refractivity contribution in [3.05, 3.63) is 34.5 Å². The SMILES string of the molecule is CC/C(=C\c1c(Cl)ccc2nn(C)cc12)C(=O)O. The van der Waals surface area contributed by atoms with Crippen LogP contribution in [-0.2, 0) is 11.8 Å². The van der Waals surface area contributed by atoms with E-state index in [0.29, 0.717) is 22.6 Å². The Balaban J connectivity index is 2.69. The van der Waals surface area contributed by atoms with Gasteiger partial charge in [-0.2, -0.15) is 5.10 Å². The van der Waals surface area contributed by atoms with E-state index in [-0.39, 0.29) is 0 Å². The molecular weight excluding hydrogens is 252 g/mol. The topological polar surface area (TPSA) is 55.1 Å². The number of hydrogen-bond acceptors (Lipinski definition) is 2. The van der Waals surface area contributed by atoms with Crippen molar-refractivity contribution >= 4 is 34.5 Å². The van der Waals surface area contributed by atoms with Crippen LogP contribution >= 0.6 is 11.6 Å². The van der Waals surface area contributed by atoms with Gasteiger partial charge in [-0.15, -0.1) is 0 Å². The third-order valence-electron chi connectivity index (χ3n) is 2.77. The van der Waals surface area contributed by atoms with E-state index in [9.17, 15) is 4.79 Å². The second-order valence-electron chi connectivity index (χ2n) is 4.02. The molecule has 0 bridgehead atoms. The number of aliphatic carboxylic acids is 1. The van der Waals surface area contributed by atoms with Gasteiger partial charge in [-0.1, -0.05) is 18.5 Å². The van der Waals surface area contributed by atoms with Crippen molar-refractivity contribution < 1.29 is 9.90 Å². The van der Waals surface area contributed by atoms with Crippen LogP contribution in [0.2, 0.25) is 5.02 Å². The minimum absolute atomic E-state index is 0.327. The van der Waals surface area contributed by atoms with Crippen molar-refractivity contribution in [2.75, 3.05) is 0 Å². The summed E-state index contributed by atoms with van der Waals surface area (Å²) in [6.45, 7) is 1.80. The zero-order chi connectivity index (χ0) is 13.3. The third kappa shape index (κ3) is 2.24. The molecule has 5 heteroatoms. The van der Waals surface area contributed by atoms with Gasteiger partial charge >= 0.3 is 5.97 Å². The number of nitrogens with zero attached hydrogens (tertiary/aromatic N) is 2. The molecule has 94 valence electrons. The molecule has 1 heterocycles. The summed E-state index contributed by atoms with van der Waals surface area (Å²) in [4.78, 5) is 11.1. The molecule has 2 aromatic rings. The number of halogens is 1. The number of carboxylic acids is 1. The summed E-state index contributed by atoms with van der Waals surface area (Å²) in [6, 6.07) is 3.55. The molecule has 0 aliphatic rings. The van der Waals surface area contributed by atoms with Gasteiger partial charge in [0.2, 0.25) is 0 Å². The highest BCUT2D eigenvalue weighted by Crippen LogP contribution is 2.28. The number of aryl methyl sites for hydroxylation is 1.